The maximum Gasteiger partial charge on any atom is 0.261 e. The predicted octanol–water partition coefficient (Wildman–Crippen LogP) is 2.91. The Kier molecular flexibility index (Phi) is 5.18. The van der Waals surface area contributed by atoms with Crippen molar-refractivity contribution < 1.29 is 9.53 Å². The topological polar surface area (TPSA) is 56.2 Å². The van der Waals surface area contributed by atoms with Crippen LogP contribution in [0.1, 0.15) is 44.0 Å². The summed E-state index contributed by atoms with van der Waals surface area (Å²) >= 11 is 0. The van der Waals surface area contributed by atoms with Crippen LogP contribution >= 0.6 is 0 Å². The molecular weight excluding hydrogens is 302 g/mol. The van der Waals surface area contributed by atoms with Crippen molar-refractivity contribution in [1.29, 1.82) is 0 Å². The Bertz CT molecular complexity index is 693. The minimum atomic E-state index is -0.376. The summed E-state index contributed by atoms with van der Waals surface area (Å²) in [4.78, 5) is 16.7. The monoisotopic (exact) mass is 327 g/mol. The smallest absolute Gasteiger partial charge is 0.261 e. The Labute approximate surface area is 143 Å². The normalized spacial score (nSPS) is 16.5. The third kappa shape index (κ3) is 3.78. The number of hydrogen-bond acceptors (Lipinski definition) is 3. The molecule has 1 aromatic carbocycles. The zero-order valence-electron chi connectivity index (χ0n) is 14.4. The van der Waals surface area contributed by atoms with Crippen LogP contribution in [0.3, 0.4) is 0 Å². The van der Waals surface area contributed by atoms with Crippen LogP contribution < -0.4 is 10.1 Å². The van der Waals surface area contributed by atoms with E-state index in [0.29, 0.717) is 12.5 Å². The Morgan fingerprint density at radius 3 is 3.08 bits per heavy atom. The van der Waals surface area contributed by atoms with Gasteiger partial charge < -0.3 is 14.6 Å². The van der Waals surface area contributed by atoms with E-state index in [1.807, 2.05) is 30.6 Å². The summed E-state index contributed by atoms with van der Waals surface area (Å²) in [5.41, 5.74) is 1.18. The van der Waals surface area contributed by atoms with Crippen LogP contribution in [0, 0.1) is 0 Å². The van der Waals surface area contributed by atoms with Crippen LogP contribution in [0.25, 0.3) is 0 Å². The fraction of sp³-hybridized carbons (Fsp3) is 0.474. The summed E-state index contributed by atoms with van der Waals surface area (Å²) in [5, 5.41) is 3.00. The van der Waals surface area contributed by atoms with Crippen LogP contribution in [-0.4, -0.2) is 28.1 Å². The highest BCUT2D eigenvalue weighted by Gasteiger charge is 2.25. The van der Waals surface area contributed by atoms with Gasteiger partial charge in [-0.15, -0.1) is 0 Å². The van der Waals surface area contributed by atoms with E-state index in [2.05, 4.69) is 34.8 Å². The third-order valence-corrected chi connectivity index (χ3v) is 4.35. The van der Waals surface area contributed by atoms with Crippen molar-refractivity contribution in [1.82, 2.24) is 14.9 Å². The Morgan fingerprint density at radius 1 is 1.42 bits per heavy atom. The highest BCUT2D eigenvalue weighted by Crippen LogP contribution is 2.27. The highest BCUT2D eigenvalue weighted by atomic mass is 16.5. The molecule has 24 heavy (non-hydrogen) atoms. The average Bonchev–Trinajstić information content (AvgIpc) is 3.07. The fourth-order valence-corrected chi connectivity index (χ4v) is 3.09. The number of amides is 1. The second-order valence-corrected chi connectivity index (χ2v) is 6.53. The van der Waals surface area contributed by atoms with E-state index in [0.717, 1.165) is 37.4 Å². The lowest BCUT2D eigenvalue weighted by Gasteiger charge is -2.25. The number of rotatable bonds is 6. The number of aryl methyl sites for hydroxylation is 2. The Morgan fingerprint density at radius 2 is 2.25 bits per heavy atom. The van der Waals surface area contributed by atoms with Crippen molar-refractivity contribution in [2.75, 3.05) is 6.54 Å². The number of nitrogens with one attached hydrogen (secondary N) is 1. The van der Waals surface area contributed by atoms with E-state index < -0.39 is 0 Å². The van der Waals surface area contributed by atoms with Gasteiger partial charge in [-0.3, -0.25) is 4.79 Å². The molecule has 0 saturated heterocycles. The van der Waals surface area contributed by atoms with Crippen LogP contribution in [0.15, 0.2) is 36.7 Å². The molecule has 128 valence electrons. The number of imidazole rings is 1. The number of fused-ring (bicyclic) bond motifs is 1. The van der Waals surface area contributed by atoms with E-state index in [4.69, 9.17) is 4.74 Å². The van der Waals surface area contributed by atoms with E-state index >= 15 is 0 Å². The quantitative estimate of drug-likeness (QED) is 0.830. The predicted molar refractivity (Wildman–Crippen MR) is 93.1 cm³/mol. The van der Waals surface area contributed by atoms with E-state index in [9.17, 15) is 4.79 Å². The summed E-state index contributed by atoms with van der Waals surface area (Å²) < 4.78 is 7.98. The molecule has 1 aliphatic heterocycles. The van der Waals surface area contributed by atoms with Crippen LogP contribution in [-0.2, 0) is 17.8 Å². The van der Waals surface area contributed by atoms with Crippen LogP contribution in [0.4, 0.5) is 0 Å². The molecule has 0 unspecified atom stereocenters. The molecule has 1 amide bonds. The number of carbonyl (C=O) groups excluding carboxylic acids is 1. The molecule has 0 spiro atoms. The van der Waals surface area contributed by atoms with Crippen LogP contribution in [0.5, 0.6) is 5.75 Å². The molecule has 0 fully saturated rings. The number of hydrogen-bond donors (Lipinski definition) is 1. The van der Waals surface area contributed by atoms with Gasteiger partial charge in [-0.2, -0.15) is 0 Å². The number of ether oxygens (including phenoxy) is 1. The second-order valence-electron chi connectivity index (χ2n) is 6.53. The lowest BCUT2D eigenvalue weighted by molar-refractivity contribution is -0.128. The average molecular weight is 327 g/mol. The molecule has 1 atom stereocenters. The van der Waals surface area contributed by atoms with Gasteiger partial charge in [0.1, 0.15) is 11.6 Å². The van der Waals surface area contributed by atoms with Crippen molar-refractivity contribution >= 4 is 5.91 Å². The number of carbonyl (C=O) groups is 1. The minimum absolute atomic E-state index is 0.0146. The summed E-state index contributed by atoms with van der Waals surface area (Å²) in [6, 6.07) is 7.93. The van der Waals surface area contributed by atoms with Crippen LogP contribution in [0.2, 0.25) is 0 Å². The van der Waals surface area contributed by atoms with Gasteiger partial charge in [0.2, 0.25) is 0 Å². The molecule has 1 aromatic heterocycles. The molecule has 5 heteroatoms. The first-order valence-corrected chi connectivity index (χ1v) is 8.68. The number of benzene rings is 1. The van der Waals surface area contributed by atoms with Crippen molar-refractivity contribution in [3.63, 3.8) is 0 Å². The van der Waals surface area contributed by atoms with Crippen molar-refractivity contribution in [3.05, 3.63) is 48.0 Å². The van der Waals surface area contributed by atoms with E-state index in [1.165, 1.54) is 5.56 Å². The molecule has 5 nitrogen and oxygen atoms in total. The van der Waals surface area contributed by atoms with Gasteiger partial charge in [0.15, 0.2) is 6.10 Å². The number of para-hydroxylation sites is 1. The molecule has 0 radical (unpaired) electrons. The van der Waals surface area contributed by atoms with Gasteiger partial charge >= 0.3 is 0 Å². The number of aromatic nitrogens is 2. The van der Waals surface area contributed by atoms with Crippen molar-refractivity contribution in [3.8, 4) is 5.75 Å². The molecule has 0 aliphatic carbocycles. The summed E-state index contributed by atoms with van der Waals surface area (Å²) in [7, 11) is 0. The summed E-state index contributed by atoms with van der Waals surface area (Å²) in [5.74, 6) is 2.32. The maximum absolute atomic E-state index is 12.3. The fourth-order valence-electron chi connectivity index (χ4n) is 3.09. The standard InChI is InChI=1S/C19H25N3O2/c1-14(2)18-20-11-13-22(18)12-5-10-21-19(23)17-9-8-15-6-3-4-7-16(15)24-17/h3-4,6-7,11,13-14,17H,5,8-10,12H2,1-2H3,(H,21,23)/t17-/m0/s1. The molecule has 2 aromatic rings. The van der Waals surface area contributed by atoms with Gasteiger partial charge in [-0.05, 0) is 30.9 Å². The lowest BCUT2D eigenvalue weighted by atomic mass is 10.0. The molecule has 1 N–H and O–H groups in total. The first-order valence-electron chi connectivity index (χ1n) is 8.68. The van der Waals surface area contributed by atoms with Gasteiger partial charge in [0, 0.05) is 31.4 Å². The van der Waals surface area contributed by atoms with E-state index in [1.54, 1.807) is 0 Å². The minimum Gasteiger partial charge on any atom is -0.480 e. The summed E-state index contributed by atoms with van der Waals surface area (Å²) in [6.45, 7) is 5.79. The van der Waals surface area contributed by atoms with Crippen molar-refractivity contribution in [2.45, 2.75) is 51.7 Å². The van der Waals surface area contributed by atoms with Gasteiger partial charge in [0.05, 0.1) is 0 Å². The van der Waals surface area contributed by atoms with Crippen molar-refractivity contribution in [2.24, 2.45) is 0 Å². The first-order chi connectivity index (χ1) is 11.6. The Hall–Kier alpha value is -2.30. The van der Waals surface area contributed by atoms with Gasteiger partial charge in [-0.1, -0.05) is 32.0 Å². The zero-order valence-corrected chi connectivity index (χ0v) is 14.4. The molecule has 2 heterocycles. The van der Waals surface area contributed by atoms with Gasteiger partial charge in [0.25, 0.3) is 5.91 Å². The van der Waals surface area contributed by atoms with Gasteiger partial charge in [-0.25, -0.2) is 4.98 Å². The zero-order chi connectivity index (χ0) is 16.9. The third-order valence-electron chi connectivity index (χ3n) is 4.35. The molecule has 0 bridgehead atoms. The molecule has 3 rings (SSSR count). The number of nitrogens with zero attached hydrogens (tertiary/aromatic N) is 2. The Balaban J connectivity index is 1.44. The largest absolute Gasteiger partial charge is 0.480 e. The second kappa shape index (κ2) is 7.51. The lowest BCUT2D eigenvalue weighted by Crippen LogP contribution is -2.40. The molecular formula is C19H25N3O2. The highest BCUT2D eigenvalue weighted by molar-refractivity contribution is 5.81. The maximum atomic E-state index is 12.3. The van der Waals surface area contributed by atoms with E-state index in [-0.39, 0.29) is 12.0 Å². The molecule has 1 aliphatic rings. The first kappa shape index (κ1) is 16.6. The SMILES string of the molecule is CC(C)c1nccn1CCCNC(=O)[C@@H]1CCc2ccccc2O1. The summed E-state index contributed by atoms with van der Waals surface area (Å²) in [6.07, 6.45) is 5.97. The molecule has 0 saturated carbocycles.